The summed E-state index contributed by atoms with van der Waals surface area (Å²) in [6.07, 6.45) is 0.155. The van der Waals surface area contributed by atoms with E-state index in [4.69, 9.17) is 0 Å². The van der Waals surface area contributed by atoms with Crippen LogP contribution in [-0.4, -0.2) is 21.9 Å². The van der Waals surface area contributed by atoms with Gasteiger partial charge in [0.05, 0.1) is 5.71 Å². The average Bonchev–Trinajstić information content (AvgIpc) is 3.26. The molecule has 1 aromatic heterocycles. The van der Waals surface area contributed by atoms with Crippen LogP contribution < -0.4 is 5.43 Å². The highest BCUT2D eigenvalue weighted by atomic mass is 19.4. The molecule has 3 rings (SSSR count). The maximum Gasteiger partial charge on any atom is 0.435 e. The van der Waals surface area contributed by atoms with E-state index in [-0.39, 0.29) is 0 Å². The number of nitrogens with zero attached hydrogens (tertiary/aromatic N) is 3. The number of carbonyl (C=O) groups is 1. The normalized spacial score (nSPS) is 17.5. The number of benzene rings is 1. The van der Waals surface area contributed by atoms with E-state index in [0.717, 1.165) is 24.5 Å². The molecule has 1 fully saturated rings. The molecule has 25 heavy (non-hydrogen) atoms. The van der Waals surface area contributed by atoms with Crippen molar-refractivity contribution in [3.8, 4) is 0 Å². The van der Waals surface area contributed by atoms with Crippen molar-refractivity contribution in [1.82, 2.24) is 15.2 Å². The summed E-state index contributed by atoms with van der Waals surface area (Å²) >= 11 is 0. The Balaban J connectivity index is 2.11. The number of aromatic nitrogens is 2. The maximum atomic E-state index is 13.0. The van der Waals surface area contributed by atoms with E-state index in [2.05, 4.69) is 15.6 Å². The van der Waals surface area contributed by atoms with Crippen molar-refractivity contribution in [2.45, 2.75) is 37.4 Å². The second-order valence-corrected chi connectivity index (χ2v) is 5.96. The van der Waals surface area contributed by atoms with Crippen LogP contribution in [0.3, 0.4) is 0 Å². The summed E-state index contributed by atoms with van der Waals surface area (Å²) in [6.45, 7) is 0. The topological polar surface area (TPSA) is 59.3 Å². The summed E-state index contributed by atoms with van der Waals surface area (Å²) in [6, 6.07) is 10.1. The number of hydrogen-bond donors (Lipinski definition) is 1. The Morgan fingerprint density at radius 1 is 1.20 bits per heavy atom. The van der Waals surface area contributed by atoms with Gasteiger partial charge in [-0.1, -0.05) is 43.2 Å². The lowest BCUT2D eigenvalue weighted by Crippen LogP contribution is -2.41. The van der Waals surface area contributed by atoms with Crippen LogP contribution in [-0.2, 0) is 16.5 Å². The van der Waals surface area contributed by atoms with Crippen LogP contribution in [0.5, 0.6) is 0 Å². The minimum atomic E-state index is -4.50. The SMILES string of the molecule is O=CN/N=C(\c1ccccc1)C1(n2ccc(C(F)(F)F)n2)CCCC1. The summed E-state index contributed by atoms with van der Waals surface area (Å²) in [7, 11) is 0. The molecule has 0 radical (unpaired) electrons. The highest BCUT2D eigenvalue weighted by Gasteiger charge is 2.44. The summed E-state index contributed by atoms with van der Waals surface area (Å²) < 4.78 is 40.3. The van der Waals surface area contributed by atoms with E-state index in [0.29, 0.717) is 25.0 Å². The first kappa shape index (κ1) is 17.2. The van der Waals surface area contributed by atoms with Gasteiger partial charge in [-0.05, 0) is 18.9 Å². The Bertz CT molecular complexity index is 762. The number of alkyl halides is 3. The third kappa shape index (κ3) is 3.29. The molecule has 0 unspecified atom stereocenters. The molecule has 1 aromatic carbocycles. The van der Waals surface area contributed by atoms with E-state index in [1.807, 2.05) is 30.3 Å². The lowest BCUT2D eigenvalue weighted by atomic mass is 9.87. The predicted molar refractivity (Wildman–Crippen MR) is 85.8 cm³/mol. The summed E-state index contributed by atoms with van der Waals surface area (Å²) in [5, 5.41) is 7.96. The van der Waals surface area contributed by atoms with Gasteiger partial charge in [0, 0.05) is 11.8 Å². The minimum Gasteiger partial charge on any atom is -0.277 e. The Hall–Kier alpha value is -2.64. The van der Waals surface area contributed by atoms with Gasteiger partial charge in [-0.25, -0.2) is 5.43 Å². The minimum absolute atomic E-state index is 0.440. The van der Waals surface area contributed by atoms with Crippen LogP contribution >= 0.6 is 0 Å². The number of carbonyl (C=O) groups excluding carboxylic acids is 1. The Labute approximate surface area is 142 Å². The molecule has 0 aliphatic heterocycles. The van der Waals surface area contributed by atoms with E-state index in [1.165, 1.54) is 10.9 Å². The molecule has 1 amide bonds. The summed E-state index contributed by atoms with van der Waals surface area (Å²) in [4.78, 5) is 10.7. The molecule has 0 atom stereocenters. The van der Waals surface area contributed by atoms with Crippen molar-refractivity contribution in [2.75, 3.05) is 0 Å². The first-order valence-corrected chi connectivity index (χ1v) is 7.93. The molecule has 1 aliphatic carbocycles. The zero-order valence-electron chi connectivity index (χ0n) is 13.3. The molecule has 0 saturated heterocycles. The molecular weight excluding hydrogens is 333 g/mol. The standard InChI is InChI=1S/C17H17F3N4O/c18-17(19,20)14-8-11-24(23-14)16(9-4-5-10-16)15(22-21-12-25)13-6-2-1-3-7-13/h1-3,6-8,11-12H,4-5,9-10H2,(H,21,25)/b22-15+. The zero-order chi connectivity index (χ0) is 17.9. The molecule has 5 nitrogen and oxygen atoms in total. The molecular formula is C17H17F3N4O. The summed E-state index contributed by atoms with van der Waals surface area (Å²) in [5.74, 6) is 0. The van der Waals surface area contributed by atoms with Gasteiger partial charge in [0.2, 0.25) is 6.41 Å². The van der Waals surface area contributed by atoms with Gasteiger partial charge in [-0.2, -0.15) is 23.4 Å². The lowest BCUT2D eigenvalue weighted by Gasteiger charge is -2.31. The largest absolute Gasteiger partial charge is 0.435 e. The monoisotopic (exact) mass is 350 g/mol. The van der Waals surface area contributed by atoms with Gasteiger partial charge >= 0.3 is 6.18 Å². The van der Waals surface area contributed by atoms with Crippen LogP contribution in [0, 0.1) is 0 Å². The summed E-state index contributed by atoms with van der Waals surface area (Å²) in [5.41, 5.74) is 1.79. The molecule has 132 valence electrons. The van der Waals surface area contributed by atoms with Crippen molar-refractivity contribution in [2.24, 2.45) is 5.10 Å². The van der Waals surface area contributed by atoms with Gasteiger partial charge in [-0.3, -0.25) is 9.48 Å². The number of hydrazone groups is 1. The number of halogens is 3. The van der Waals surface area contributed by atoms with E-state index in [9.17, 15) is 18.0 Å². The van der Waals surface area contributed by atoms with Gasteiger partial charge in [0.1, 0.15) is 5.54 Å². The van der Waals surface area contributed by atoms with Gasteiger partial charge in [0.15, 0.2) is 5.69 Å². The smallest absolute Gasteiger partial charge is 0.277 e. The van der Waals surface area contributed by atoms with Gasteiger partial charge < -0.3 is 0 Å². The second kappa shape index (κ2) is 6.70. The molecule has 0 bridgehead atoms. The molecule has 2 aromatic rings. The maximum absolute atomic E-state index is 13.0. The van der Waals surface area contributed by atoms with Crippen molar-refractivity contribution < 1.29 is 18.0 Å². The Morgan fingerprint density at radius 2 is 1.88 bits per heavy atom. The third-order valence-corrected chi connectivity index (χ3v) is 4.47. The Morgan fingerprint density at radius 3 is 2.44 bits per heavy atom. The van der Waals surface area contributed by atoms with Crippen molar-refractivity contribution in [3.05, 3.63) is 53.9 Å². The van der Waals surface area contributed by atoms with Crippen LogP contribution in [0.15, 0.2) is 47.7 Å². The third-order valence-electron chi connectivity index (χ3n) is 4.47. The molecule has 1 N–H and O–H groups in total. The number of rotatable bonds is 5. The average molecular weight is 350 g/mol. The quantitative estimate of drug-likeness (QED) is 0.511. The first-order chi connectivity index (χ1) is 12.0. The highest BCUT2D eigenvalue weighted by Crippen LogP contribution is 2.40. The zero-order valence-corrected chi connectivity index (χ0v) is 13.3. The van der Waals surface area contributed by atoms with E-state index < -0.39 is 17.4 Å². The number of hydrogen-bond acceptors (Lipinski definition) is 3. The highest BCUT2D eigenvalue weighted by molar-refractivity contribution is 6.06. The first-order valence-electron chi connectivity index (χ1n) is 7.93. The number of nitrogens with one attached hydrogen (secondary N) is 1. The van der Waals surface area contributed by atoms with Gasteiger partial charge in [0.25, 0.3) is 0 Å². The fourth-order valence-corrected chi connectivity index (χ4v) is 3.37. The van der Waals surface area contributed by atoms with Crippen LogP contribution in [0.2, 0.25) is 0 Å². The van der Waals surface area contributed by atoms with E-state index in [1.54, 1.807) is 0 Å². The molecule has 1 aliphatic rings. The van der Waals surface area contributed by atoms with Crippen molar-refractivity contribution in [3.63, 3.8) is 0 Å². The Kier molecular flexibility index (Phi) is 4.61. The second-order valence-electron chi connectivity index (χ2n) is 5.96. The molecule has 8 heteroatoms. The molecule has 1 heterocycles. The van der Waals surface area contributed by atoms with Crippen molar-refractivity contribution in [1.29, 1.82) is 0 Å². The van der Waals surface area contributed by atoms with Crippen LogP contribution in [0.4, 0.5) is 13.2 Å². The number of amides is 1. The molecule has 0 spiro atoms. The fourth-order valence-electron chi connectivity index (χ4n) is 3.37. The fraction of sp³-hybridized carbons (Fsp3) is 0.353. The van der Waals surface area contributed by atoms with Crippen LogP contribution in [0.1, 0.15) is 36.9 Å². The lowest BCUT2D eigenvalue weighted by molar-refractivity contribution is -0.141. The van der Waals surface area contributed by atoms with Crippen LogP contribution in [0.25, 0.3) is 0 Å². The van der Waals surface area contributed by atoms with Crippen molar-refractivity contribution >= 4 is 12.1 Å². The van der Waals surface area contributed by atoms with E-state index >= 15 is 0 Å². The predicted octanol–water partition coefficient (Wildman–Crippen LogP) is 3.32. The molecule has 1 saturated carbocycles. The van der Waals surface area contributed by atoms with Gasteiger partial charge in [-0.15, -0.1) is 0 Å².